The van der Waals surface area contributed by atoms with Gasteiger partial charge in [-0.2, -0.15) is 11.8 Å². The molecule has 1 aliphatic carbocycles. The molecule has 3 nitrogen and oxygen atoms in total. The smallest absolute Gasteiger partial charge is 0.0907 e. The topological polar surface area (TPSA) is 50.9 Å². The fourth-order valence-electron chi connectivity index (χ4n) is 2.11. The maximum absolute atomic E-state index is 6.10. The number of hydrogen-bond acceptors (Lipinski definition) is 5. The summed E-state index contributed by atoms with van der Waals surface area (Å²) in [6, 6.07) is 4.10. The second-order valence-electron chi connectivity index (χ2n) is 4.88. The van der Waals surface area contributed by atoms with Crippen LogP contribution in [0.2, 0.25) is 0 Å². The lowest BCUT2D eigenvalue weighted by atomic mass is 10.2. The summed E-state index contributed by atoms with van der Waals surface area (Å²) in [7, 11) is 0. The van der Waals surface area contributed by atoms with Gasteiger partial charge in [0, 0.05) is 11.3 Å². The summed E-state index contributed by atoms with van der Waals surface area (Å²) in [6.07, 6.45) is 4.79. The molecule has 1 aliphatic rings. The summed E-state index contributed by atoms with van der Waals surface area (Å²) >= 11 is 3.65. The van der Waals surface area contributed by atoms with Crippen molar-refractivity contribution in [3.05, 3.63) is 17.1 Å². The van der Waals surface area contributed by atoms with Crippen LogP contribution in [-0.2, 0) is 0 Å². The number of fused-ring (bicyclic) bond motifs is 1. The third-order valence-electron chi connectivity index (χ3n) is 3.51. The van der Waals surface area contributed by atoms with Crippen LogP contribution in [0.4, 0.5) is 11.4 Å². The number of rotatable bonds is 4. The van der Waals surface area contributed by atoms with Gasteiger partial charge in [-0.25, -0.2) is 4.98 Å². The average Bonchev–Trinajstić information content (AvgIpc) is 3.03. The van der Waals surface area contributed by atoms with E-state index in [9.17, 15) is 0 Å². The molecule has 0 saturated heterocycles. The maximum Gasteiger partial charge on any atom is 0.0907 e. The van der Waals surface area contributed by atoms with E-state index < -0.39 is 0 Å². The molecule has 1 fully saturated rings. The van der Waals surface area contributed by atoms with Gasteiger partial charge in [0.2, 0.25) is 0 Å². The van der Waals surface area contributed by atoms with Crippen molar-refractivity contribution < 1.29 is 0 Å². The van der Waals surface area contributed by atoms with Crippen molar-refractivity contribution >= 4 is 44.7 Å². The summed E-state index contributed by atoms with van der Waals surface area (Å²) in [5.74, 6) is 0. The van der Waals surface area contributed by atoms with Crippen LogP contribution < -0.4 is 11.1 Å². The Hall–Kier alpha value is -0.940. The molecule has 1 heterocycles. The molecule has 96 valence electrons. The Balaban J connectivity index is 1.84. The monoisotopic (exact) mass is 279 g/mol. The van der Waals surface area contributed by atoms with Crippen LogP contribution >= 0.6 is 23.1 Å². The van der Waals surface area contributed by atoms with E-state index in [4.69, 9.17) is 5.73 Å². The minimum absolute atomic E-state index is 0.444. The lowest BCUT2D eigenvalue weighted by Crippen LogP contribution is -2.18. The number of aromatic nitrogens is 1. The van der Waals surface area contributed by atoms with Crippen molar-refractivity contribution in [2.45, 2.75) is 24.5 Å². The zero-order valence-electron chi connectivity index (χ0n) is 10.6. The molecule has 0 amide bonds. The highest BCUT2D eigenvalue weighted by Gasteiger charge is 2.41. The zero-order chi connectivity index (χ0) is 12.8. The SMILES string of the molecule is CSC1(CNc2cc3nc(C)sc3cc2N)CC1. The van der Waals surface area contributed by atoms with E-state index in [0.717, 1.165) is 28.4 Å². The number of thioether (sulfide) groups is 1. The molecule has 3 rings (SSSR count). The lowest BCUT2D eigenvalue weighted by Gasteiger charge is -2.15. The van der Waals surface area contributed by atoms with Gasteiger partial charge in [0.15, 0.2) is 0 Å². The molecule has 1 aromatic carbocycles. The van der Waals surface area contributed by atoms with E-state index in [0.29, 0.717) is 4.75 Å². The van der Waals surface area contributed by atoms with Crippen molar-refractivity contribution in [1.29, 1.82) is 0 Å². The predicted octanol–water partition coefficient (Wildman–Crippen LogP) is 3.49. The first-order valence-corrected chi connectivity index (χ1v) is 8.12. The fraction of sp³-hybridized carbons (Fsp3) is 0.462. The Bertz CT molecular complexity index is 587. The van der Waals surface area contributed by atoms with Crippen LogP contribution in [0.1, 0.15) is 17.8 Å². The van der Waals surface area contributed by atoms with Crippen LogP contribution in [0, 0.1) is 6.92 Å². The average molecular weight is 279 g/mol. The molecule has 2 aromatic rings. The minimum atomic E-state index is 0.444. The van der Waals surface area contributed by atoms with Crippen molar-refractivity contribution in [2.75, 3.05) is 23.9 Å². The lowest BCUT2D eigenvalue weighted by molar-refractivity contribution is 0.950. The minimum Gasteiger partial charge on any atom is -0.397 e. The fourth-order valence-corrected chi connectivity index (χ4v) is 3.69. The zero-order valence-corrected chi connectivity index (χ0v) is 12.3. The van der Waals surface area contributed by atoms with E-state index in [1.54, 1.807) is 11.3 Å². The summed E-state index contributed by atoms with van der Waals surface area (Å²) in [6.45, 7) is 3.02. The van der Waals surface area contributed by atoms with Crippen molar-refractivity contribution in [3.8, 4) is 0 Å². The van der Waals surface area contributed by atoms with Gasteiger partial charge < -0.3 is 11.1 Å². The number of thiazole rings is 1. The molecule has 0 spiro atoms. The second-order valence-corrected chi connectivity index (χ2v) is 7.39. The molecule has 18 heavy (non-hydrogen) atoms. The van der Waals surface area contributed by atoms with Gasteiger partial charge in [0.1, 0.15) is 0 Å². The Morgan fingerprint density at radius 1 is 1.50 bits per heavy atom. The number of nitrogens with zero attached hydrogens (tertiary/aromatic N) is 1. The van der Waals surface area contributed by atoms with E-state index >= 15 is 0 Å². The second kappa shape index (κ2) is 4.31. The van der Waals surface area contributed by atoms with Crippen molar-refractivity contribution in [2.24, 2.45) is 0 Å². The number of nitrogen functional groups attached to an aromatic ring is 1. The van der Waals surface area contributed by atoms with Gasteiger partial charge in [-0.1, -0.05) is 0 Å². The van der Waals surface area contributed by atoms with Gasteiger partial charge in [0.25, 0.3) is 0 Å². The molecule has 0 bridgehead atoms. The van der Waals surface area contributed by atoms with E-state index in [1.807, 2.05) is 24.8 Å². The molecule has 0 unspecified atom stereocenters. The van der Waals surface area contributed by atoms with E-state index in [-0.39, 0.29) is 0 Å². The van der Waals surface area contributed by atoms with Gasteiger partial charge >= 0.3 is 0 Å². The number of anilines is 2. The number of nitrogens with two attached hydrogens (primary N) is 1. The van der Waals surface area contributed by atoms with Gasteiger partial charge in [-0.15, -0.1) is 11.3 Å². The van der Waals surface area contributed by atoms with Crippen LogP contribution in [0.15, 0.2) is 12.1 Å². The highest BCUT2D eigenvalue weighted by atomic mass is 32.2. The van der Waals surface area contributed by atoms with Crippen LogP contribution in [-0.4, -0.2) is 22.5 Å². The van der Waals surface area contributed by atoms with Crippen molar-refractivity contribution in [3.63, 3.8) is 0 Å². The largest absolute Gasteiger partial charge is 0.397 e. The van der Waals surface area contributed by atoms with E-state index in [2.05, 4.69) is 22.6 Å². The first kappa shape index (κ1) is 12.1. The summed E-state index contributed by atoms with van der Waals surface area (Å²) in [4.78, 5) is 4.51. The number of benzene rings is 1. The Morgan fingerprint density at radius 2 is 2.28 bits per heavy atom. The molecule has 5 heteroatoms. The molecular formula is C13H17N3S2. The Labute approximate surface area is 115 Å². The number of hydrogen-bond donors (Lipinski definition) is 2. The molecule has 0 aliphatic heterocycles. The highest BCUT2D eigenvalue weighted by Crippen LogP contribution is 2.47. The molecular weight excluding hydrogens is 262 g/mol. The molecule has 1 aromatic heterocycles. The third-order valence-corrected chi connectivity index (χ3v) is 5.86. The maximum atomic E-state index is 6.10. The summed E-state index contributed by atoms with van der Waals surface area (Å²) in [5, 5.41) is 4.57. The predicted molar refractivity (Wildman–Crippen MR) is 82.7 cm³/mol. The quantitative estimate of drug-likeness (QED) is 0.841. The number of nitrogens with one attached hydrogen (secondary N) is 1. The van der Waals surface area contributed by atoms with E-state index in [1.165, 1.54) is 17.5 Å². The van der Waals surface area contributed by atoms with Crippen molar-refractivity contribution in [1.82, 2.24) is 4.98 Å². The summed E-state index contributed by atoms with van der Waals surface area (Å²) < 4.78 is 1.61. The Kier molecular flexibility index (Phi) is 2.90. The van der Waals surface area contributed by atoms with Gasteiger partial charge in [-0.05, 0) is 38.2 Å². The highest BCUT2D eigenvalue weighted by molar-refractivity contribution is 8.00. The first-order chi connectivity index (χ1) is 8.62. The van der Waals surface area contributed by atoms with Crippen LogP contribution in [0.25, 0.3) is 10.2 Å². The third kappa shape index (κ3) is 2.17. The van der Waals surface area contributed by atoms with Gasteiger partial charge in [0.05, 0.1) is 26.6 Å². The summed E-state index contributed by atoms with van der Waals surface area (Å²) in [5.41, 5.74) is 8.99. The van der Waals surface area contributed by atoms with Gasteiger partial charge in [-0.3, -0.25) is 0 Å². The number of aryl methyl sites for hydroxylation is 1. The molecule has 0 atom stereocenters. The Morgan fingerprint density at radius 3 is 2.94 bits per heavy atom. The van der Waals surface area contributed by atoms with Crippen LogP contribution in [0.5, 0.6) is 0 Å². The molecule has 1 saturated carbocycles. The first-order valence-electron chi connectivity index (χ1n) is 6.08. The van der Waals surface area contributed by atoms with Crippen LogP contribution in [0.3, 0.4) is 0 Å². The molecule has 0 radical (unpaired) electrons. The molecule has 3 N–H and O–H groups in total. The normalized spacial score (nSPS) is 17.0. The standard InChI is InChI=1S/C13H17N3S2/c1-8-16-11-6-10(9(14)5-12(11)18-8)15-7-13(17-2)3-4-13/h5-6,15H,3-4,7,14H2,1-2H3.